The smallest absolute Gasteiger partial charge is 0.250 e. The third kappa shape index (κ3) is 3.10. The molecule has 2 N–H and O–H groups in total. The van der Waals surface area contributed by atoms with Crippen molar-refractivity contribution in [2.75, 3.05) is 13.2 Å². The molecule has 0 amide bonds. The lowest BCUT2D eigenvalue weighted by molar-refractivity contribution is 0.0250. The van der Waals surface area contributed by atoms with Crippen molar-refractivity contribution in [2.45, 2.75) is 36.2 Å². The Balaban J connectivity index is 2.03. The molecule has 0 saturated carbocycles. The first-order chi connectivity index (χ1) is 8.45. The third-order valence-electron chi connectivity index (χ3n) is 2.99. The van der Waals surface area contributed by atoms with Crippen molar-refractivity contribution in [2.24, 2.45) is 0 Å². The highest BCUT2D eigenvalue weighted by molar-refractivity contribution is 7.91. The van der Waals surface area contributed by atoms with Crippen molar-refractivity contribution in [3.8, 4) is 0 Å². The number of aliphatic hydroxyl groups is 1. The molecule has 1 aromatic heterocycles. The molecule has 2 heterocycles. The fourth-order valence-electron chi connectivity index (χ4n) is 1.88. The zero-order chi connectivity index (χ0) is 13.2. The van der Waals surface area contributed by atoms with E-state index in [1.807, 2.05) is 6.92 Å². The van der Waals surface area contributed by atoms with Gasteiger partial charge in [0.2, 0.25) is 10.0 Å². The van der Waals surface area contributed by atoms with Crippen molar-refractivity contribution >= 4 is 21.4 Å². The fourth-order valence-corrected chi connectivity index (χ4v) is 4.30. The van der Waals surface area contributed by atoms with Crippen LogP contribution < -0.4 is 4.72 Å². The summed E-state index contributed by atoms with van der Waals surface area (Å²) in [7, 11) is -3.50. The van der Waals surface area contributed by atoms with Crippen LogP contribution in [-0.4, -0.2) is 32.3 Å². The lowest BCUT2D eigenvalue weighted by atomic mass is 10.0. The molecule has 7 heteroatoms. The van der Waals surface area contributed by atoms with Crippen LogP contribution in [-0.2, 0) is 21.4 Å². The Kier molecular flexibility index (Phi) is 4.08. The highest BCUT2D eigenvalue weighted by Gasteiger charge is 2.31. The molecule has 18 heavy (non-hydrogen) atoms. The summed E-state index contributed by atoms with van der Waals surface area (Å²) < 4.78 is 32.4. The second-order valence-electron chi connectivity index (χ2n) is 4.61. The monoisotopic (exact) mass is 291 g/mol. The Hall–Kier alpha value is -0.470. The Labute approximate surface area is 111 Å². The summed E-state index contributed by atoms with van der Waals surface area (Å²) in [5, 5.41) is 8.94. The minimum Gasteiger partial charge on any atom is -0.391 e. The van der Waals surface area contributed by atoms with Gasteiger partial charge < -0.3 is 9.84 Å². The summed E-state index contributed by atoms with van der Waals surface area (Å²) in [4.78, 5) is 0.638. The van der Waals surface area contributed by atoms with Crippen molar-refractivity contribution in [1.82, 2.24) is 4.72 Å². The van der Waals surface area contributed by atoms with Gasteiger partial charge in [-0.3, -0.25) is 0 Å². The molecule has 0 aliphatic carbocycles. The maximum absolute atomic E-state index is 12.0. The molecule has 1 aromatic rings. The average molecular weight is 291 g/mol. The molecule has 0 aromatic carbocycles. The number of thiophene rings is 1. The molecule has 0 radical (unpaired) electrons. The molecular weight excluding hydrogens is 274 g/mol. The summed E-state index contributed by atoms with van der Waals surface area (Å²) in [6.07, 6.45) is 1.83. The molecule has 102 valence electrons. The van der Waals surface area contributed by atoms with E-state index in [0.717, 1.165) is 24.2 Å². The highest BCUT2D eigenvalue weighted by Crippen LogP contribution is 2.26. The van der Waals surface area contributed by atoms with Crippen LogP contribution in [0, 0.1) is 0 Å². The number of ether oxygens (including phenoxy) is 1. The molecule has 1 fully saturated rings. The van der Waals surface area contributed by atoms with Gasteiger partial charge in [-0.2, -0.15) is 0 Å². The van der Waals surface area contributed by atoms with E-state index in [9.17, 15) is 8.42 Å². The first-order valence-corrected chi connectivity index (χ1v) is 8.08. The van der Waals surface area contributed by atoms with Crippen molar-refractivity contribution in [3.63, 3.8) is 0 Å². The van der Waals surface area contributed by atoms with Crippen molar-refractivity contribution in [3.05, 3.63) is 17.0 Å². The minimum atomic E-state index is -3.50. The van der Waals surface area contributed by atoms with Crippen LogP contribution in [0.15, 0.2) is 16.3 Å². The maximum atomic E-state index is 12.0. The van der Waals surface area contributed by atoms with Gasteiger partial charge in [0.25, 0.3) is 0 Å². The zero-order valence-electron chi connectivity index (χ0n) is 10.2. The van der Waals surface area contributed by atoms with Gasteiger partial charge in [0.1, 0.15) is 4.21 Å². The number of hydrogen-bond acceptors (Lipinski definition) is 5. The summed E-state index contributed by atoms with van der Waals surface area (Å²) in [5.41, 5.74) is -0.399. The predicted molar refractivity (Wildman–Crippen MR) is 69.0 cm³/mol. The van der Waals surface area contributed by atoms with Crippen LogP contribution in [0.1, 0.15) is 24.6 Å². The predicted octanol–water partition coefficient (Wildman–Crippen LogP) is 1.09. The molecule has 5 nitrogen and oxygen atoms in total. The molecule has 1 atom stereocenters. The summed E-state index contributed by atoms with van der Waals surface area (Å²) in [6.45, 7) is 2.74. The van der Waals surface area contributed by atoms with E-state index < -0.39 is 15.6 Å². The molecule has 1 aliphatic rings. The third-order valence-corrected chi connectivity index (χ3v) is 5.96. The van der Waals surface area contributed by atoms with Gasteiger partial charge in [0, 0.05) is 18.0 Å². The first kappa shape index (κ1) is 14.0. The lowest BCUT2D eigenvalue weighted by Crippen LogP contribution is -2.39. The van der Waals surface area contributed by atoms with Crippen LogP contribution in [0.5, 0.6) is 0 Å². The molecular formula is C11H17NO4S2. The SMILES string of the molecule is CC1(CNS(=O)(=O)c2ccc(CO)s2)CCCO1. The van der Waals surface area contributed by atoms with Crippen LogP contribution in [0.4, 0.5) is 0 Å². The Morgan fingerprint density at radius 2 is 2.33 bits per heavy atom. The van der Waals surface area contributed by atoms with Gasteiger partial charge in [-0.15, -0.1) is 11.3 Å². The number of aliphatic hydroxyl groups excluding tert-OH is 1. The summed E-state index contributed by atoms with van der Waals surface area (Å²) in [5.74, 6) is 0. The Morgan fingerprint density at radius 1 is 1.56 bits per heavy atom. The highest BCUT2D eigenvalue weighted by atomic mass is 32.2. The molecule has 2 rings (SSSR count). The zero-order valence-corrected chi connectivity index (χ0v) is 11.8. The number of rotatable bonds is 5. The van der Waals surface area contributed by atoms with E-state index in [2.05, 4.69) is 4.72 Å². The summed E-state index contributed by atoms with van der Waals surface area (Å²) >= 11 is 1.08. The van der Waals surface area contributed by atoms with Gasteiger partial charge in [-0.1, -0.05) is 0 Å². The number of hydrogen-bond donors (Lipinski definition) is 2. The van der Waals surface area contributed by atoms with Crippen LogP contribution in [0.3, 0.4) is 0 Å². The maximum Gasteiger partial charge on any atom is 0.250 e. The van der Waals surface area contributed by atoms with Crippen molar-refractivity contribution in [1.29, 1.82) is 0 Å². The average Bonchev–Trinajstić information content (AvgIpc) is 2.96. The number of sulfonamides is 1. The van der Waals surface area contributed by atoms with E-state index in [-0.39, 0.29) is 17.4 Å². The van der Waals surface area contributed by atoms with E-state index in [4.69, 9.17) is 9.84 Å². The van der Waals surface area contributed by atoms with Gasteiger partial charge in [0.05, 0.1) is 12.2 Å². The van der Waals surface area contributed by atoms with Crippen LogP contribution in [0.2, 0.25) is 0 Å². The molecule has 0 bridgehead atoms. The molecule has 1 saturated heterocycles. The van der Waals surface area contributed by atoms with Crippen LogP contribution >= 0.6 is 11.3 Å². The standard InChI is InChI=1S/C11H17NO4S2/c1-11(5-2-6-16-11)8-12-18(14,15)10-4-3-9(7-13)17-10/h3-4,12-13H,2,5-8H2,1H3. The minimum absolute atomic E-state index is 0.138. The lowest BCUT2D eigenvalue weighted by Gasteiger charge is -2.22. The van der Waals surface area contributed by atoms with Crippen LogP contribution in [0.25, 0.3) is 0 Å². The molecule has 0 spiro atoms. The second-order valence-corrected chi connectivity index (χ2v) is 7.77. The topological polar surface area (TPSA) is 75.6 Å². The van der Waals surface area contributed by atoms with Gasteiger partial charge >= 0.3 is 0 Å². The molecule has 1 aliphatic heterocycles. The van der Waals surface area contributed by atoms with Gasteiger partial charge in [-0.05, 0) is 31.9 Å². The van der Waals surface area contributed by atoms with Gasteiger partial charge in [-0.25, -0.2) is 13.1 Å². The Morgan fingerprint density at radius 3 is 2.89 bits per heavy atom. The largest absolute Gasteiger partial charge is 0.391 e. The fraction of sp³-hybridized carbons (Fsp3) is 0.636. The van der Waals surface area contributed by atoms with E-state index in [0.29, 0.717) is 11.5 Å². The van der Waals surface area contributed by atoms with E-state index in [1.54, 1.807) is 6.07 Å². The second kappa shape index (κ2) is 5.26. The number of nitrogens with one attached hydrogen (secondary N) is 1. The quantitative estimate of drug-likeness (QED) is 0.851. The summed E-state index contributed by atoms with van der Waals surface area (Å²) in [6, 6.07) is 3.13. The Bertz CT molecular complexity index is 503. The van der Waals surface area contributed by atoms with Crippen molar-refractivity contribution < 1.29 is 18.3 Å². The van der Waals surface area contributed by atoms with Gasteiger partial charge in [0.15, 0.2) is 0 Å². The normalized spacial score (nSPS) is 24.6. The van der Waals surface area contributed by atoms with E-state index >= 15 is 0 Å². The first-order valence-electron chi connectivity index (χ1n) is 5.78. The van der Waals surface area contributed by atoms with E-state index in [1.165, 1.54) is 6.07 Å². The molecule has 1 unspecified atom stereocenters.